The monoisotopic (exact) mass is 295 g/mol. The van der Waals surface area contributed by atoms with Gasteiger partial charge < -0.3 is 5.73 Å². The summed E-state index contributed by atoms with van der Waals surface area (Å²) in [5.41, 5.74) is 10.2. The average Bonchev–Trinajstić information content (AvgIpc) is 2.52. The van der Waals surface area contributed by atoms with E-state index < -0.39 is 5.54 Å². The molecule has 2 aromatic rings. The smallest absolute Gasteiger partial charge is 0.216 e. The van der Waals surface area contributed by atoms with E-state index in [0.29, 0.717) is 12.6 Å². The molecule has 1 atom stereocenters. The summed E-state index contributed by atoms with van der Waals surface area (Å²) < 4.78 is 0. The standard InChI is InChI=1S/C18H21N3O/c1-13-6-4-7-14(10-13)15-8-5-9-16(11-15)18(2)12-22-21(3)17(19)20-18/h4-11H,12H2,1-3H3,(H2,19,20). The average molecular weight is 295 g/mol. The first-order valence-corrected chi connectivity index (χ1v) is 7.37. The highest BCUT2D eigenvalue weighted by Gasteiger charge is 2.32. The third kappa shape index (κ3) is 2.70. The Bertz CT molecular complexity index is 726. The lowest BCUT2D eigenvalue weighted by molar-refractivity contribution is -0.113. The van der Waals surface area contributed by atoms with Crippen molar-refractivity contribution in [3.8, 4) is 11.1 Å². The van der Waals surface area contributed by atoms with Gasteiger partial charge in [0, 0.05) is 7.05 Å². The van der Waals surface area contributed by atoms with E-state index in [1.807, 2.05) is 6.92 Å². The van der Waals surface area contributed by atoms with Gasteiger partial charge in [0.2, 0.25) is 5.96 Å². The number of aryl methyl sites for hydroxylation is 1. The molecule has 0 aliphatic carbocycles. The van der Waals surface area contributed by atoms with Crippen molar-refractivity contribution in [1.82, 2.24) is 5.06 Å². The number of aliphatic imine (C=N–C) groups is 1. The van der Waals surface area contributed by atoms with Gasteiger partial charge in [-0.3, -0.25) is 4.84 Å². The third-order valence-corrected chi connectivity index (χ3v) is 4.06. The van der Waals surface area contributed by atoms with E-state index in [9.17, 15) is 0 Å². The van der Waals surface area contributed by atoms with Crippen LogP contribution in [0.25, 0.3) is 11.1 Å². The van der Waals surface area contributed by atoms with Crippen LogP contribution in [0.15, 0.2) is 53.5 Å². The fourth-order valence-electron chi connectivity index (χ4n) is 2.65. The number of benzene rings is 2. The molecule has 114 valence electrons. The highest BCUT2D eigenvalue weighted by atomic mass is 16.7. The molecule has 1 heterocycles. The molecule has 1 aliphatic heterocycles. The summed E-state index contributed by atoms with van der Waals surface area (Å²) in [6.45, 7) is 4.62. The van der Waals surface area contributed by atoms with Crippen molar-refractivity contribution in [2.75, 3.05) is 13.7 Å². The summed E-state index contributed by atoms with van der Waals surface area (Å²) >= 11 is 0. The van der Waals surface area contributed by atoms with Gasteiger partial charge in [0.25, 0.3) is 0 Å². The van der Waals surface area contributed by atoms with E-state index in [-0.39, 0.29) is 0 Å². The van der Waals surface area contributed by atoms with Crippen LogP contribution in [0.3, 0.4) is 0 Å². The Kier molecular flexibility index (Phi) is 3.62. The Morgan fingerprint density at radius 3 is 2.50 bits per heavy atom. The van der Waals surface area contributed by atoms with Crippen LogP contribution >= 0.6 is 0 Å². The maximum atomic E-state index is 5.91. The van der Waals surface area contributed by atoms with Gasteiger partial charge in [0.05, 0.1) is 0 Å². The Morgan fingerprint density at radius 1 is 1.14 bits per heavy atom. The van der Waals surface area contributed by atoms with Crippen molar-refractivity contribution in [3.63, 3.8) is 0 Å². The normalized spacial score (nSPS) is 21.6. The van der Waals surface area contributed by atoms with Gasteiger partial charge in [-0.25, -0.2) is 10.1 Å². The summed E-state index contributed by atoms with van der Waals surface area (Å²) in [5.74, 6) is 0.398. The summed E-state index contributed by atoms with van der Waals surface area (Å²) in [6.07, 6.45) is 0. The first kappa shape index (κ1) is 14.6. The molecule has 0 amide bonds. The summed E-state index contributed by atoms with van der Waals surface area (Å²) in [5, 5.41) is 1.51. The van der Waals surface area contributed by atoms with E-state index in [1.54, 1.807) is 7.05 Å². The Morgan fingerprint density at radius 2 is 1.82 bits per heavy atom. The minimum Gasteiger partial charge on any atom is -0.368 e. The van der Waals surface area contributed by atoms with Gasteiger partial charge in [-0.05, 0) is 36.6 Å². The van der Waals surface area contributed by atoms with Crippen LogP contribution in [0.2, 0.25) is 0 Å². The zero-order valence-corrected chi connectivity index (χ0v) is 13.2. The van der Waals surface area contributed by atoms with Crippen LogP contribution in [-0.2, 0) is 10.4 Å². The first-order chi connectivity index (χ1) is 10.5. The minimum atomic E-state index is -0.462. The van der Waals surface area contributed by atoms with Crippen LogP contribution in [0.4, 0.5) is 0 Å². The zero-order chi connectivity index (χ0) is 15.7. The van der Waals surface area contributed by atoms with Crippen molar-refractivity contribution in [2.24, 2.45) is 10.7 Å². The predicted octanol–water partition coefficient (Wildman–Crippen LogP) is 3.07. The molecule has 0 saturated carbocycles. The molecule has 4 heteroatoms. The Labute approximate surface area is 131 Å². The summed E-state index contributed by atoms with van der Waals surface area (Å²) in [7, 11) is 1.77. The van der Waals surface area contributed by atoms with E-state index in [2.05, 4.69) is 60.4 Å². The maximum Gasteiger partial charge on any atom is 0.216 e. The molecule has 0 radical (unpaired) electrons. The lowest BCUT2D eigenvalue weighted by atomic mass is 9.90. The van der Waals surface area contributed by atoms with Gasteiger partial charge in [-0.2, -0.15) is 0 Å². The second-order valence-corrected chi connectivity index (χ2v) is 5.97. The second-order valence-electron chi connectivity index (χ2n) is 5.97. The molecule has 2 aromatic carbocycles. The van der Waals surface area contributed by atoms with E-state index in [4.69, 9.17) is 10.6 Å². The third-order valence-electron chi connectivity index (χ3n) is 4.06. The van der Waals surface area contributed by atoms with Crippen molar-refractivity contribution < 1.29 is 4.84 Å². The molecular weight excluding hydrogens is 274 g/mol. The topological polar surface area (TPSA) is 50.9 Å². The van der Waals surface area contributed by atoms with Crippen LogP contribution in [0, 0.1) is 6.92 Å². The number of nitrogens with two attached hydrogens (primary N) is 1. The van der Waals surface area contributed by atoms with Crippen molar-refractivity contribution >= 4 is 5.96 Å². The molecule has 0 aromatic heterocycles. The van der Waals surface area contributed by atoms with Crippen molar-refractivity contribution in [3.05, 3.63) is 59.7 Å². The highest BCUT2D eigenvalue weighted by Crippen LogP contribution is 2.32. The van der Waals surface area contributed by atoms with E-state index >= 15 is 0 Å². The molecule has 4 nitrogen and oxygen atoms in total. The van der Waals surface area contributed by atoms with Crippen LogP contribution < -0.4 is 5.73 Å². The molecule has 0 bridgehead atoms. The zero-order valence-electron chi connectivity index (χ0n) is 13.2. The number of hydroxylamine groups is 2. The SMILES string of the molecule is Cc1cccc(-c2cccc(C3(C)CON(C)C(N)=N3)c2)c1. The predicted molar refractivity (Wildman–Crippen MR) is 89.3 cm³/mol. The van der Waals surface area contributed by atoms with Crippen molar-refractivity contribution in [1.29, 1.82) is 0 Å². The first-order valence-electron chi connectivity index (χ1n) is 7.37. The molecule has 0 spiro atoms. The number of hydrogen-bond acceptors (Lipinski definition) is 4. The van der Waals surface area contributed by atoms with Gasteiger partial charge in [0.1, 0.15) is 12.1 Å². The van der Waals surface area contributed by atoms with Crippen LogP contribution in [0.1, 0.15) is 18.1 Å². The van der Waals surface area contributed by atoms with E-state index in [1.165, 1.54) is 21.8 Å². The van der Waals surface area contributed by atoms with Crippen molar-refractivity contribution in [2.45, 2.75) is 19.4 Å². The number of nitrogens with zero attached hydrogens (tertiary/aromatic N) is 2. The fourth-order valence-corrected chi connectivity index (χ4v) is 2.65. The lowest BCUT2D eigenvalue weighted by Crippen LogP contribution is -2.45. The summed E-state index contributed by atoms with van der Waals surface area (Å²) in [6, 6.07) is 16.9. The van der Waals surface area contributed by atoms with Crippen LogP contribution in [-0.4, -0.2) is 24.7 Å². The van der Waals surface area contributed by atoms with Gasteiger partial charge in [-0.15, -0.1) is 0 Å². The molecule has 0 fully saturated rings. The van der Waals surface area contributed by atoms with Gasteiger partial charge in [-0.1, -0.05) is 48.0 Å². The number of guanidine groups is 1. The largest absolute Gasteiger partial charge is 0.368 e. The Hall–Kier alpha value is -2.33. The highest BCUT2D eigenvalue weighted by molar-refractivity contribution is 5.78. The molecule has 0 saturated heterocycles. The maximum absolute atomic E-state index is 5.91. The quantitative estimate of drug-likeness (QED) is 0.926. The molecule has 1 aliphatic rings. The van der Waals surface area contributed by atoms with Gasteiger partial charge in [0.15, 0.2) is 0 Å². The number of rotatable bonds is 2. The minimum absolute atomic E-state index is 0.398. The van der Waals surface area contributed by atoms with Gasteiger partial charge >= 0.3 is 0 Å². The molecule has 1 unspecified atom stereocenters. The fraction of sp³-hybridized carbons (Fsp3) is 0.278. The molecule has 3 rings (SSSR count). The Balaban J connectivity index is 2.01. The molecule has 2 N–H and O–H groups in total. The van der Waals surface area contributed by atoms with E-state index in [0.717, 1.165) is 5.56 Å². The molecule has 22 heavy (non-hydrogen) atoms. The lowest BCUT2D eigenvalue weighted by Gasteiger charge is -2.34. The number of hydrogen-bond donors (Lipinski definition) is 1. The van der Waals surface area contributed by atoms with Crippen LogP contribution in [0.5, 0.6) is 0 Å². The second kappa shape index (κ2) is 5.46. The summed E-state index contributed by atoms with van der Waals surface area (Å²) in [4.78, 5) is 10.2. The molecular formula is C18H21N3O.